The molecule has 0 amide bonds. The topological polar surface area (TPSA) is 92.3 Å². The van der Waals surface area contributed by atoms with Gasteiger partial charge in [-0.15, -0.1) is 0 Å². The summed E-state index contributed by atoms with van der Waals surface area (Å²) in [6, 6.07) is 6.64. The largest absolute Gasteiger partial charge is 0.240 e. The predicted molar refractivity (Wildman–Crippen MR) is 94.9 cm³/mol. The fourth-order valence-corrected chi connectivity index (χ4v) is 5.18. The monoisotopic (exact) mass is 374 g/mol. The summed E-state index contributed by atoms with van der Waals surface area (Å²) in [5, 5.41) is 0. The maximum Gasteiger partial charge on any atom is 0.240 e. The number of hydrogen-bond donors (Lipinski definition) is 2. The lowest BCUT2D eigenvalue weighted by atomic mass is 10.0. The second-order valence-electron chi connectivity index (χ2n) is 6.54. The minimum Gasteiger partial charge on any atom is -0.212 e. The van der Waals surface area contributed by atoms with E-state index >= 15 is 0 Å². The van der Waals surface area contributed by atoms with Crippen molar-refractivity contribution in [2.45, 2.75) is 56.4 Å². The van der Waals surface area contributed by atoms with Crippen LogP contribution in [0.2, 0.25) is 0 Å². The van der Waals surface area contributed by atoms with Gasteiger partial charge in [-0.25, -0.2) is 26.3 Å². The van der Waals surface area contributed by atoms with Crippen LogP contribution in [0.4, 0.5) is 0 Å². The molecule has 1 saturated carbocycles. The zero-order valence-electron chi connectivity index (χ0n) is 14.2. The zero-order valence-corrected chi connectivity index (χ0v) is 15.8. The van der Waals surface area contributed by atoms with Crippen LogP contribution in [0.3, 0.4) is 0 Å². The van der Waals surface area contributed by atoms with Crippen LogP contribution in [0.15, 0.2) is 29.2 Å². The molecule has 1 aromatic rings. The molecule has 0 atom stereocenters. The molecule has 0 radical (unpaired) electrons. The van der Waals surface area contributed by atoms with Crippen LogP contribution in [0.5, 0.6) is 0 Å². The van der Waals surface area contributed by atoms with E-state index in [9.17, 15) is 16.8 Å². The van der Waals surface area contributed by atoms with Gasteiger partial charge in [-0.1, -0.05) is 38.8 Å². The zero-order chi connectivity index (χ0) is 17.8. The second kappa shape index (κ2) is 7.95. The highest BCUT2D eigenvalue weighted by Gasteiger charge is 2.22. The number of hydrogen-bond acceptors (Lipinski definition) is 4. The molecular formula is C16H26N2O4S2. The van der Waals surface area contributed by atoms with Crippen molar-refractivity contribution < 1.29 is 16.8 Å². The molecule has 24 heavy (non-hydrogen) atoms. The van der Waals surface area contributed by atoms with Gasteiger partial charge in [-0.05, 0) is 36.5 Å². The maximum atomic E-state index is 12.2. The molecule has 2 rings (SSSR count). The molecule has 0 bridgehead atoms. The van der Waals surface area contributed by atoms with E-state index in [1.165, 1.54) is 0 Å². The number of sulfonamides is 2. The summed E-state index contributed by atoms with van der Waals surface area (Å²) >= 11 is 0. The molecule has 6 nitrogen and oxygen atoms in total. The maximum absolute atomic E-state index is 12.2. The Morgan fingerprint density at radius 1 is 1.04 bits per heavy atom. The van der Waals surface area contributed by atoms with Crippen LogP contribution < -0.4 is 9.44 Å². The lowest BCUT2D eigenvalue weighted by molar-refractivity contribution is 0.550. The third kappa shape index (κ3) is 5.54. The quantitative estimate of drug-likeness (QED) is 0.727. The highest BCUT2D eigenvalue weighted by molar-refractivity contribution is 7.90. The van der Waals surface area contributed by atoms with Gasteiger partial charge >= 0.3 is 0 Å². The van der Waals surface area contributed by atoms with E-state index in [0.717, 1.165) is 31.2 Å². The minimum atomic E-state index is -3.69. The molecule has 1 aliphatic carbocycles. The van der Waals surface area contributed by atoms with Crippen molar-refractivity contribution in [2.75, 3.05) is 12.3 Å². The van der Waals surface area contributed by atoms with E-state index in [0.29, 0.717) is 5.92 Å². The fourth-order valence-electron chi connectivity index (χ4n) is 2.78. The summed E-state index contributed by atoms with van der Waals surface area (Å²) in [5.74, 6) is 0.0637. The van der Waals surface area contributed by atoms with Crippen LogP contribution in [0, 0.1) is 0 Å². The molecule has 0 saturated heterocycles. The normalized spacial score (nSPS) is 16.8. The Balaban J connectivity index is 1.90. The molecule has 0 aromatic heterocycles. The van der Waals surface area contributed by atoms with Crippen LogP contribution in [0.25, 0.3) is 0 Å². The predicted octanol–water partition coefficient (Wildman–Crippen LogP) is 1.95. The lowest BCUT2D eigenvalue weighted by Gasteiger charge is -2.13. The smallest absolute Gasteiger partial charge is 0.212 e. The van der Waals surface area contributed by atoms with Crippen molar-refractivity contribution in [2.24, 2.45) is 0 Å². The third-order valence-electron chi connectivity index (χ3n) is 4.22. The Morgan fingerprint density at radius 3 is 2.17 bits per heavy atom. The summed E-state index contributed by atoms with van der Waals surface area (Å²) in [4.78, 5) is 0.146. The van der Waals surface area contributed by atoms with Crippen LogP contribution in [-0.4, -0.2) is 35.2 Å². The number of rotatable bonds is 8. The number of benzene rings is 1. The average molecular weight is 375 g/mol. The van der Waals surface area contributed by atoms with Crippen molar-refractivity contribution in [3.8, 4) is 0 Å². The molecule has 1 aromatic carbocycles. The van der Waals surface area contributed by atoms with Crippen molar-refractivity contribution in [1.82, 2.24) is 9.44 Å². The van der Waals surface area contributed by atoms with Crippen molar-refractivity contribution in [1.29, 1.82) is 0 Å². The Kier molecular flexibility index (Phi) is 6.41. The summed E-state index contributed by atoms with van der Waals surface area (Å²) in [7, 11) is -7.16. The van der Waals surface area contributed by atoms with Gasteiger partial charge < -0.3 is 0 Å². The van der Waals surface area contributed by atoms with E-state index in [1.54, 1.807) is 24.3 Å². The van der Waals surface area contributed by atoms with Crippen LogP contribution >= 0.6 is 0 Å². The van der Waals surface area contributed by atoms with Crippen molar-refractivity contribution in [3.63, 3.8) is 0 Å². The molecule has 0 spiro atoms. The molecule has 2 N–H and O–H groups in total. The van der Waals surface area contributed by atoms with Gasteiger partial charge in [-0.3, -0.25) is 0 Å². The van der Waals surface area contributed by atoms with Crippen LogP contribution in [0.1, 0.15) is 51.0 Å². The fraction of sp³-hybridized carbons (Fsp3) is 0.625. The van der Waals surface area contributed by atoms with Gasteiger partial charge in [0.1, 0.15) is 0 Å². The Bertz CT molecular complexity index is 735. The van der Waals surface area contributed by atoms with Gasteiger partial charge in [-0.2, -0.15) is 0 Å². The molecular weight excluding hydrogens is 348 g/mol. The molecule has 136 valence electrons. The Labute approximate surface area is 145 Å². The van der Waals surface area contributed by atoms with Crippen molar-refractivity contribution >= 4 is 20.0 Å². The first-order valence-electron chi connectivity index (χ1n) is 8.29. The molecule has 0 heterocycles. The minimum absolute atomic E-state index is 0.00446. The first kappa shape index (κ1) is 19.4. The van der Waals surface area contributed by atoms with E-state index in [-0.39, 0.29) is 23.2 Å². The first-order chi connectivity index (χ1) is 11.2. The molecule has 1 fully saturated rings. The van der Waals surface area contributed by atoms with E-state index in [1.807, 2.05) is 13.8 Å². The average Bonchev–Trinajstić information content (AvgIpc) is 2.99. The summed E-state index contributed by atoms with van der Waals surface area (Å²) < 4.78 is 53.4. The van der Waals surface area contributed by atoms with Gasteiger partial charge in [0.25, 0.3) is 0 Å². The Hall–Kier alpha value is -0.960. The summed E-state index contributed by atoms with van der Waals surface area (Å²) in [6.45, 7) is 3.92. The SMILES string of the molecule is CC(C)c1ccc(S(=O)(=O)NCCS(=O)(=O)NC2CCCC2)cc1. The molecule has 0 aliphatic heterocycles. The molecule has 0 unspecified atom stereocenters. The van der Waals surface area contributed by atoms with Crippen molar-refractivity contribution in [3.05, 3.63) is 29.8 Å². The van der Waals surface area contributed by atoms with Crippen LogP contribution in [-0.2, 0) is 20.0 Å². The third-order valence-corrected chi connectivity index (χ3v) is 7.13. The van der Waals surface area contributed by atoms with Gasteiger partial charge in [0.05, 0.1) is 10.6 Å². The van der Waals surface area contributed by atoms with Gasteiger partial charge in [0, 0.05) is 12.6 Å². The van der Waals surface area contributed by atoms with Gasteiger partial charge in [0.15, 0.2) is 0 Å². The Morgan fingerprint density at radius 2 is 1.62 bits per heavy atom. The molecule has 1 aliphatic rings. The van der Waals surface area contributed by atoms with E-state index in [4.69, 9.17) is 0 Å². The summed E-state index contributed by atoms with van der Waals surface area (Å²) in [5.41, 5.74) is 1.05. The van der Waals surface area contributed by atoms with E-state index in [2.05, 4.69) is 9.44 Å². The first-order valence-corrected chi connectivity index (χ1v) is 11.4. The standard InChI is InChI=1S/C16H26N2O4S2/c1-13(2)14-7-9-16(10-8-14)24(21,22)17-11-12-23(19,20)18-15-5-3-4-6-15/h7-10,13,15,17-18H,3-6,11-12H2,1-2H3. The summed E-state index contributed by atoms with van der Waals surface area (Å²) in [6.07, 6.45) is 3.78. The highest BCUT2D eigenvalue weighted by atomic mass is 32.2. The second-order valence-corrected chi connectivity index (χ2v) is 10.2. The lowest BCUT2D eigenvalue weighted by Crippen LogP contribution is -2.38. The highest BCUT2D eigenvalue weighted by Crippen LogP contribution is 2.19. The number of nitrogens with one attached hydrogen (secondary N) is 2. The van der Waals surface area contributed by atoms with Gasteiger partial charge in [0.2, 0.25) is 20.0 Å². The van der Waals surface area contributed by atoms with E-state index < -0.39 is 20.0 Å². The molecule has 8 heteroatoms.